The van der Waals surface area contributed by atoms with Crippen molar-refractivity contribution in [1.82, 2.24) is 4.37 Å². The zero-order chi connectivity index (χ0) is 9.42. The molecule has 1 aromatic heterocycles. The Labute approximate surface area is 86.9 Å². The summed E-state index contributed by atoms with van der Waals surface area (Å²) in [5, 5.41) is 0.931. The molecule has 0 atom stereocenters. The molecule has 13 heavy (non-hydrogen) atoms. The van der Waals surface area contributed by atoms with Gasteiger partial charge in [-0.25, -0.2) is 4.39 Å². The summed E-state index contributed by atoms with van der Waals surface area (Å²) in [7, 11) is 0. The average Bonchev–Trinajstić information content (AvgIpc) is 2.48. The Balaban J connectivity index is 2.77. The van der Waals surface area contributed by atoms with Gasteiger partial charge in [-0.3, -0.25) is 0 Å². The number of hydrogen-bond donors (Lipinski definition) is 1. The Morgan fingerprint density at radius 1 is 1.54 bits per heavy atom. The summed E-state index contributed by atoms with van der Waals surface area (Å²) >= 11 is 4.40. The van der Waals surface area contributed by atoms with Gasteiger partial charge in [-0.05, 0) is 39.6 Å². The Kier molecular flexibility index (Phi) is 2.31. The molecule has 0 saturated heterocycles. The summed E-state index contributed by atoms with van der Waals surface area (Å²) in [6.45, 7) is 0.387. The molecule has 0 aliphatic heterocycles. The third-order valence-corrected chi connectivity index (χ3v) is 3.23. The lowest BCUT2D eigenvalue weighted by molar-refractivity contribution is 0.623. The molecule has 68 valence electrons. The van der Waals surface area contributed by atoms with Crippen LogP contribution in [0.15, 0.2) is 16.6 Å². The van der Waals surface area contributed by atoms with Gasteiger partial charge in [0.05, 0.1) is 14.9 Å². The average molecular weight is 261 g/mol. The number of halogens is 2. The molecule has 0 aliphatic carbocycles. The number of hydrogen-bond acceptors (Lipinski definition) is 3. The van der Waals surface area contributed by atoms with Crippen molar-refractivity contribution in [3.05, 3.63) is 28.1 Å². The first-order chi connectivity index (χ1) is 6.22. The van der Waals surface area contributed by atoms with E-state index in [1.54, 1.807) is 6.07 Å². The molecule has 0 fully saturated rings. The first kappa shape index (κ1) is 9.05. The summed E-state index contributed by atoms with van der Waals surface area (Å²) < 4.78 is 18.5. The van der Waals surface area contributed by atoms with Gasteiger partial charge in [-0.2, -0.15) is 4.37 Å². The number of fused-ring (bicyclic) bond motifs is 1. The highest BCUT2D eigenvalue weighted by molar-refractivity contribution is 9.10. The van der Waals surface area contributed by atoms with Crippen molar-refractivity contribution in [2.75, 3.05) is 0 Å². The van der Waals surface area contributed by atoms with Crippen LogP contribution < -0.4 is 5.73 Å². The second kappa shape index (κ2) is 3.32. The van der Waals surface area contributed by atoms with Crippen LogP contribution in [-0.2, 0) is 6.54 Å². The minimum Gasteiger partial charge on any atom is -0.325 e. The lowest BCUT2D eigenvalue weighted by Crippen LogP contribution is -1.96. The molecule has 2 rings (SSSR count). The van der Waals surface area contributed by atoms with E-state index in [2.05, 4.69) is 20.3 Å². The number of benzene rings is 1. The van der Waals surface area contributed by atoms with Crippen LogP contribution in [0.5, 0.6) is 0 Å². The molecule has 2 N–H and O–H groups in total. The van der Waals surface area contributed by atoms with E-state index >= 15 is 0 Å². The normalized spacial score (nSPS) is 11.0. The van der Waals surface area contributed by atoms with Gasteiger partial charge >= 0.3 is 0 Å². The molecular formula is C8H6BrFN2S. The molecule has 1 heterocycles. The smallest absolute Gasteiger partial charge is 0.138 e. The standard InChI is InChI=1S/C8H6BrFN2S/c9-5-1-4-7(3-11)12-13-8(4)2-6(5)10/h1-2H,3,11H2. The molecule has 5 heteroatoms. The molecule has 0 spiro atoms. The molecule has 0 amide bonds. The van der Waals surface area contributed by atoms with Gasteiger partial charge in [0.15, 0.2) is 0 Å². The monoisotopic (exact) mass is 260 g/mol. The van der Waals surface area contributed by atoms with E-state index in [-0.39, 0.29) is 5.82 Å². The maximum absolute atomic E-state index is 13.1. The highest BCUT2D eigenvalue weighted by Crippen LogP contribution is 2.28. The molecule has 0 aliphatic rings. The molecule has 1 aromatic carbocycles. The van der Waals surface area contributed by atoms with Crippen molar-refractivity contribution in [2.24, 2.45) is 5.73 Å². The second-order valence-electron chi connectivity index (χ2n) is 2.60. The fraction of sp³-hybridized carbons (Fsp3) is 0.125. The maximum atomic E-state index is 13.1. The Bertz CT molecular complexity index is 455. The van der Waals surface area contributed by atoms with Crippen LogP contribution in [0, 0.1) is 5.82 Å². The molecule has 0 bridgehead atoms. The van der Waals surface area contributed by atoms with Gasteiger partial charge < -0.3 is 5.73 Å². The summed E-state index contributed by atoms with van der Waals surface area (Å²) in [5.41, 5.74) is 6.30. The van der Waals surface area contributed by atoms with Gasteiger partial charge in [0.25, 0.3) is 0 Å². The van der Waals surface area contributed by atoms with E-state index in [4.69, 9.17) is 5.73 Å². The topological polar surface area (TPSA) is 38.9 Å². The molecule has 2 aromatic rings. The largest absolute Gasteiger partial charge is 0.325 e. The van der Waals surface area contributed by atoms with Crippen LogP contribution >= 0.6 is 27.5 Å². The van der Waals surface area contributed by atoms with Gasteiger partial charge in [-0.1, -0.05) is 0 Å². The van der Waals surface area contributed by atoms with Crippen molar-refractivity contribution < 1.29 is 4.39 Å². The number of aromatic nitrogens is 1. The molecular weight excluding hydrogens is 255 g/mol. The van der Waals surface area contributed by atoms with E-state index in [1.807, 2.05) is 0 Å². The SMILES string of the molecule is NCc1nsc2cc(F)c(Br)cc12. The second-order valence-corrected chi connectivity index (χ2v) is 4.26. The lowest BCUT2D eigenvalue weighted by Gasteiger charge is -1.95. The summed E-state index contributed by atoms with van der Waals surface area (Å²) in [6, 6.07) is 3.19. The summed E-state index contributed by atoms with van der Waals surface area (Å²) in [5.74, 6) is -0.264. The molecule has 0 radical (unpaired) electrons. The van der Waals surface area contributed by atoms with E-state index in [1.165, 1.54) is 17.6 Å². The fourth-order valence-electron chi connectivity index (χ4n) is 1.13. The van der Waals surface area contributed by atoms with Crippen LogP contribution in [0.2, 0.25) is 0 Å². The third-order valence-electron chi connectivity index (χ3n) is 1.78. The molecule has 0 saturated carbocycles. The van der Waals surface area contributed by atoms with E-state index in [0.29, 0.717) is 11.0 Å². The zero-order valence-electron chi connectivity index (χ0n) is 6.55. The predicted molar refractivity (Wildman–Crippen MR) is 55.2 cm³/mol. The van der Waals surface area contributed by atoms with Gasteiger partial charge in [0.1, 0.15) is 5.82 Å². The highest BCUT2D eigenvalue weighted by Gasteiger charge is 2.08. The number of nitrogens with two attached hydrogens (primary N) is 1. The van der Waals surface area contributed by atoms with Crippen molar-refractivity contribution in [3.63, 3.8) is 0 Å². The maximum Gasteiger partial charge on any atom is 0.138 e. The Morgan fingerprint density at radius 3 is 3.00 bits per heavy atom. The van der Waals surface area contributed by atoms with Crippen LogP contribution in [0.3, 0.4) is 0 Å². The van der Waals surface area contributed by atoms with Crippen LogP contribution in [-0.4, -0.2) is 4.37 Å². The first-order valence-electron chi connectivity index (χ1n) is 3.65. The highest BCUT2D eigenvalue weighted by atomic mass is 79.9. The van der Waals surface area contributed by atoms with Gasteiger partial charge in [0.2, 0.25) is 0 Å². The van der Waals surface area contributed by atoms with Gasteiger partial charge in [-0.15, -0.1) is 0 Å². The number of rotatable bonds is 1. The molecule has 2 nitrogen and oxygen atoms in total. The Hall–Kier alpha value is -0.520. The minimum absolute atomic E-state index is 0.264. The van der Waals surface area contributed by atoms with Crippen LogP contribution in [0.4, 0.5) is 4.39 Å². The quantitative estimate of drug-likeness (QED) is 0.857. The molecule has 0 unspecified atom stereocenters. The van der Waals surface area contributed by atoms with Crippen molar-refractivity contribution in [1.29, 1.82) is 0 Å². The summed E-state index contributed by atoms with van der Waals surface area (Å²) in [6.07, 6.45) is 0. The van der Waals surface area contributed by atoms with Crippen LogP contribution in [0.1, 0.15) is 5.69 Å². The zero-order valence-corrected chi connectivity index (χ0v) is 8.95. The Morgan fingerprint density at radius 2 is 2.31 bits per heavy atom. The van der Waals surface area contributed by atoms with Crippen molar-refractivity contribution in [2.45, 2.75) is 6.54 Å². The predicted octanol–water partition coefficient (Wildman–Crippen LogP) is 2.66. The van der Waals surface area contributed by atoms with E-state index in [9.17, 15) is 4.39 Å². The minimum atomic E-state index is -0.264. The van der Waals surface area contributed by atoms with Gasteiger partial charge in [0, 0.05) is 11.9 Å². The fourth-order valence-corrected chi connectivity index (χ4v) is 2.29. The summed E-state index contributed by atoms with van der Waals surface area (Å²) in [4.78, 5) is 0. The van der Waals surface area contributed by atoms with E-state index in [0.717, 1.165) is 15.8 Å². The third kappa shape index (κ3) is 1.47. The lowest BCUT2D eigenvalue weighted by atomic mass is 10.2. The van der Waals surface area contributed by atoms with Crippen LogP contribution in [0.25, 0.3) is 10.1 Å². The first-order valence-corrected chi connectivity index (χ1v) is 5.22. The number of nitrogens with zero attached hydrogens (tertiary/aromatic N) is 1. The van der Waals surface area contributed by atoms with E-state index < -0.39 is 0 Å². The van der Waals surface area contributed by atoms with Crippen molar-refractivity contribution in [3.8, 4) is 0 Å². The van der Waals surface area contributed by atoms with Crippen molar-refractivity contribution >= 4 is 37.5 Å².